The van der Waals surface area contributed by atoms with E-state index in [1.165, 1.54) is 5.56 Å². The van der Waals surface area contributed by atoms with E-state index in [4.69, 9.17) is 0 Å². The van der Waals surface area contributed by atoms with Crippen molar-refractivity contribution in [1.29, 1.82) is 0 Å². The maximum Gasteiger partial charge on any atom is 0.253 e. The molecule has 1 aliphatic rings. The molecule has 1 unspecified atom stereocenters. The summed E-state index contributed by atoms with van der Waals surface area (Å²) >= 11 is 0. The summed E-state index contributed by atoms with van der Waals surface area (Å²) in [6.07, 6.45) is 6.70. The van der Waals surface area contributed by atoms with Crippen LogP contribution in [0, 0.1) is 6.92 Å². The number of hydrogen-bond donors (Lipinski definition) is 0. The lowest BCUT2D eigenvalue weighted by molar-refractivity contribution is 0.0707. The number of anilines is 1. The predicted octanol–water partition coefficient (Wildman–Crippen LogP) is 3.09. The first-order valence-corrected chi connectivity index (χ1v) is 8.98. The fourth-order valence-corrected chi connectivity index (χ4v) is 3.25. The zero-order valence-corrected chi connectivity index (χ0v) is 15.3. The molecule has 0 bridgehead atoms. The number of rotatable bonds is 4. The highest BCUT2D eigenvalue weighted by molar-refractivity contribution is 5.94. The first-order chi connectivity index (χ1) is 12.1. The average Bonchev–Trinajstić information content (AvgIpc) is 2.67. The molecular weight excluding hydrogens is 312 g/mol. The Labute approximate surface area is 149 Å². The molecule has 5 heteroatoms. The number of benzene rings is 1. The van der Waals surface area contributed by atoms with E-state index in [9.17, 15) is 4.79 Å². The Kier molecular flexibility index (Phi) is 5.31. The molecule has 1 aromatic carbocycles. The van der Waals surface area contributed by atoms with Gasteiger partial charge in [0.2, 0.25) is 5.95 Å². The molecule has 5 nitrogen and oxygen atoms in total. The second-order valence-electron chi connectivity index (χ2n) is 6.77. The number of amides is 1. The van der Waals surface area contributed by atoms with Gasteiger partial charge in [0.1, 0.15) is 0 Å². The number of piperidine rings is 1. The van der Waals surface area contributed by atoms with Crippen molar-refractivity contribution in [2.45, 2.75) is 39.2 Å². The lowest BCUT2D eigenvalue weighted by Crippen LogP contribution is -2.49. The molecule has 1 atom stereocenters. The highest BCUT2D eigenvalue weighted by Gasteiger charge is 2.27. The van der Waals surface area contributed by atoms with Crippen molar-refractivity contribution in [3.05, 3.63) is 53.3 Å². The van der Waals surface area contributed by atoms with Crippen molar-refractivity contribution >= 4 is 11.9 Å². The van der Waals surface area contributed by atoms with Gasteiger partial charge in [0, 0.05) is 44.1 Å². The van der Waals surface area contributed by atoms with Crippen LogP contribution in [0.4, 0.5) is 5.95 Å². The Balaban J connectivity index is 1.69. The Hall–Kier alpha value is -2.43. The molecule has 1 aliphatic heterocycles. The van der Waals surface area contributed by atoms with Gasteiger partial charge in [-0.2, -0.15) is 0 Å². The number of likely N-dealkylation sites (N-methyl/N-ethyl adjacent to an activating group) is 1. The van der Waals surface area contributed by atoms with Crippen molar-refractivity contribution in [1.82, 2.24) is 14.9 Å². The normalized spacial score (nSPS) is 17.4. The maximum absolute atomic E-state index is 12.8. The minimum Gasteiger partial charge on any atom is -0.339 e. The Morgan fingerprint density at radius 2 is 1.92 bits per heavy atom. The smallest absolute Gasteiger partial charge is 0.253 e. The van der Waals surface area contributed by atoms with Gasteiger partial charge in [-0.1, -0.05) is 19.1 Å². The number of hydrogen-bond acceptors (Lipinski definition) is 4. The molecule has 1 aromatic heterocycles. The van der Waals surface area contributed by atoms with E-state index in [1.807, 2.05) is 55.5 Å². The first kappa shape index (κ1) is 17.4. The third-order valence-corrected chi connectivity index (χ3v) is 4.92. The van der Waals surface area contributed by atoms with Gasteiger partial charge in [-0.15, -0.1) is 0 Å². The number of carbonyl (C=O) groups is 1. The summed E-state index contributed by atoms with van der Waals surface area (Å²) in [5.74, 6) is 0.836. The van der Waals surface area contributed by atoms with Crippen LogP contribution in [-0.4, -0.2) is 47.0 Å². The van der Waals surface area contributed by atoms with Crippen LogP contribution in [0.25, 0.3) is 0 Å². The van der Waals surface area contributed by atoms with Crippen LogP contribution >= 0.6 is 0 Å². The molecule has 0 aliphatic carbocycles. The van der Waals surface area contributed by atoms with E-state index in [-0.39, 0.29) is 11.9 Å². The summed E-state index contributed by atoms with van der Waals surface area (Å²) in [6, 6.07) is 8.21. The molecule has 1 fully saturated rings. The lowest BCUT2D eigenvalue weighted by Gasteiger charge is -2.37. The largest absolute Gasteiger partial charge is 0.339 e. The van der Waals surface area contributed by atoms with Crippen molar-refractivity contribution in [3.8, 4) is 0 Å². The monoisotopic (exact) mass is 338 g/mol. The third kappa shape index (κ3) is 3.98. The van der Waals surface area contributed by atoms with Crippen LogP contribution in [0.1, 0.15) is 41.3 Å². The van der Waals surface area contributed by atoms with Gasteiger partial charge in [0.25, 0.3) is 5.91 Å². The Bertz CT molecular complexity index is 711. The summed E-state index contributed by atoms with van der Waals surface area (Å²) in [4.78, 5) is 25.7. The molecule has 0 radical (unpaired) electrons. The number of nitrogens with zero attached hydrogens (tertiary/aromatic N) is 4. The average molecular weight is 338 g/mol. The first-order valence-electron chi connectivity index (χ1n) is 8.98. The van der Waals surface area contributed by atoms with Crippen molar-refractivity contribution in [3.63, 3.8) is 0 Å². The van der Waals surface area contributed by atoms with Crippen molar-refractivity contribution in [2.75, 3.05) is 25.0 Å². The van der Waals surface area contributed by atoms with Gasteiger partial charge >= 0.3 is 0 Å². The van der Waals surface area contributed by atoms with Crippen LogP contribution in [0.3, 0.4) is 0 Å². The van der Waals surface area contributed by atoms with Crippen LogP contribution < -0.4 is 4.90 Å². The molecule has 2 aromatic rings. The standard InChI is InChI=1S/C20H26N4O/c1-4-16-7-9-17(10-8-16)19(25)24-11-5-6-18(14-24)23(3)20-21-12-15(2)13-22-20/h7-10,12-13,18H,4-6,11,14H2,1-3H3. The van der Waals surface area contributed by atoms with Gasteiger partial charge in [0.15, 0.2) is 0 Å². The fourth-order valence-electron chi connectivity index (χ4n) is 3.25. The topological polar surface area (TPSA) is 49.3 Å². The van der Waals surface area contributed by atoms with E-state index in [1.54, 1.807) is 0 Å². The predicted molar refractivity (Wildman–Crippen MR) is 99.9 cm³/mol. The lowest BCUT2D eigenvalue weighted by atomic mass is 10.0. The van der Waals surface area contributed by atoms with Crippen LogP contribution in [0.5, 0.6) is 0 Å². The molecule has 3 rings (SSSR count). The number of carbonyl (C=O) groups excluding carboxylic acids is 1. The molecule has 1 amide bonds. The van der Waals surface area contributed by atoms with Crippen LogP contribution in [-0.2, 0) is 6.42 Å². The molecule has 0 spiro atoms. The van der Waals surface area contributed by atoms with Crippen molar-refractivity contribution < 1.29 is 4.79 Å². The zero-order valence-electron chi connectivity index (χ0n) is 15.3. The van der Waals surface area contributed by atoms with Crippen LogP contribution in [0.2, 0.25) is 0 Å². The van der Waals surface area contributed by atoms with Gasteiger partial charge in [-0.25, -0.2) is 9.97 Å². The highest BCUT2D eigenvalue weighted by Crippen LogP contribution is 2.20. The quantitative estimate of drug-likeness (QED) is 0.859. The molecule has 0 saturated carbocycles. The number of aromatic nitrogens is 2. The molecule has 25 heavy (non-hydrogen) atoms. The second kappa shape index (κ2) is 7.64. The minimum atomic E-state index is 0.116. The number of likely N-dealkylation sites (tertiary alicyclic amines) is 1. The van der Waals surface area contributed by atoms with E-state index in [0.717, 1.165) is 42.9 Å². The summed E-state index contributed by atoms with van der Waals surface area (Å²) in [5.41, 5.74) is 3.07. The van der Waals surface area contributed by atoms with Crippen molar-refractivity contribution in [2.24, 2.45) is 0 Å². The van der Waals surface area contributed by atoms with E-state index < -0.39 is 0 Å². The van der Waals surface area contributed by atoms with E-state index in [2.05, 4.69) is 21.8 Å². The highest BCUT2D eigenvalue weighted by atomic mass is 16.2. The third-order valence-electron chi connectivity index (χ3n) is 4.92. The van der Waals surface area contributed by atoms with E-state index in [0.29, 0.717) is 6.54 Å². The van der Waals surface area contributed by atoms with Gasteiger partial charge in [-0.05, 0) is 49.4 Å². The van der Waals surface area contributed by atoms with Gasteiger partial charge in [-0.3, -0.25) is 4.79 Å². The summed E-state index contributed by atoms with van der Waals surface area (Å²) in [7, 11) is 2.01. The molecule has 0 N–H and O–H groups in total. The number of aryl methyl sites for hydroxylation is 2. The van der Waals surface area contributed by atoms with Gasteiger partial charge in [0.05, 0.1) is 0 Å². The molecule has 2 heterocycles. The zero-order chi connectivity index (χ0) is 17.8. The SMILES string of the molecule is CCc1ccc(C(=O)N2CCCC(N(C)c3ncc(C)cn3)C2)cc1. The maximum atomic E-state index is 12.8. The molecule has 132 valence electrons. The van der Waals surface area contributed by atoms with Crippen LogP contribution in [0.15, 0.2) is 36.7 Å². The van der Waals surface area contributed by atoms with E-state index >= 15 is 0 Å². The fraction of sp³-hybridized carbons (Fsp3) is 0.450. The summed E-state index contributed by atoms with van der Waals surface area (Å²) in [5, 5.41) is 0. The summed E-state index contributed by atoms with van der Waals surface area (Å²) < 4.78 is 0. The molecular formula is C20H26N4O. The van der Waals surface area contributed by atoms with Gasteiger partial charge < -0.3 is 9.80 Å². The Morgan fingerprint density at radius 1 is 1.24 bits per heavy atom. The summed E-state index contributed by atoms with van der Waals surface area (Å²) in [6.45, 7) is 5.62. The Morgan fingerprint density at radius 3 is 2.56 bits per heavy atom. The molecule has 1 saturated heterocycles. The minimum absolute atomic E-state index is 0.116. The second-order valence-corrected chi connectivity index (χ2v) is 6.77.